The van der Waals surface area contributed by atoms with Gasteiger partial charge >= 0.3 is 6.09 Å². The van der Waals surface area contributed by atoms with Crippen molar-refractivity contribution in [3.05, 3.63) is 28.7 Å². The van der Waals surface area contributed by atoms with Crippen LogP contribution in [0.2, 0.25) is 0 Å². The average molecular weight is 356 g/mol. The van der Waals surface area contributed by atoms with E-state index in [4.69, 9.17) is 4.74 Å². The summed E-state index contributed by atoms with van der Waals surface area (Å²) in [6.07, 6.45) is -0.393. The third kappa shape index (κ3) is 4.69. The first kappa shape index (κ1) is 16.3. The lowest BCUT2D eigenvalue weighted by Gasteiger charge is -2.24. The molecule has 0 bridgehead atoms. The van der Waals surface area contributed by atoms with Gasteiger partial charge in [-0.25, -0.2) is 14.8 Å². The minimum Gasteiger partial charge on any atom is -0.449 e. The Morgan fingerprint density at radius 3 is 2.33 bits per heavy atom. The van der Waals surface area contributed by atoms with Crippen LogP contribution < -0.4 is 5.32 Å². The number of carbonyl (C=O) groups is 1. The van der Waals surface area contributed by atoms with Crippen LogP contribution in [-0.2, 0) is 4.74 Å². The lowest BCUT2D eigenvalue weighted by molar-refractivity contribution is 0.0388. The first-order chi connectivity index (χ1) is 10.1. The molecular weight excluding hydrogens is 334 g/mol. The summed E-state index contributed by atoms with van der Waals surface area (Å²) in [6.45, 7) is 8.64. The van der Waals surface area contributed by atoms with Crippen molar-refractivity contribution in [3.8, 4) is 0 Å². The smallest absolute Gasteiger partial charge is 0.411 e. The van der Waals surface area contributed by atoms with Gasteiger partial charge in [0.15, 0.2) is 0 Å². The molecule has 1 saturated heterocycles. The zero-order chi connectivity index (χ0) is 15.2. The zero-order valence-electron chi connectivity index (χ0n) is 12.5. The molecule has 1 N–H and O–H groups in total. The molecule has 6 heteroatoms. The summed E-state index contributed by atoms with van der Waals surface area (Å²) < 4.78 is 6.31. The Hall–Kier alpha value is -1.11. The molecule has 1 fully saturated rings. The van der Waals surface area contributed by atoms with Gasteiger partial charge in [0.25, 0.3) is 0 Å². The Morgan fingerprint density at radius 1 is 1.24 bits per heavy atom. The third-order valence-electron chi connectivity index (χ3n) is 3.61. The maximum Gasteiger partial charge on any atom is 0.411 e. The minimum atomic E-state index is -0.393. The first-order valence-electron chi connectivity index (χ1n) is 7.31. The number of benzene rings is 1. The van der Waals surface area contributed by atoms with Gasteiger partial charge < -0.3 is 4.74 Å². The van der Waals surface area contributed by atoms with Gasteiger partial charge in [0.05, 0.1) is 6.61 Å². The molecule has 0 aliphatic carbocycles. The second kappa shape index (κ2) is 7.77. The monoisotopic (exact) mass is 355 g/mol. The second-order valence-corrected chi connectivity index (χ2v) is 6.02. The lowest BCUT2D eigenvalue weighted by Crippen LogP contribution is -2.35. The Balaban J connectivity index is 1.75. The number of anilines is 1. The van der Waals surface area contributed by atoms with Crippen LogP contribution >= 0.6 is 15.9 Å². The highest BCUT2D eigenvalue weighted by Crippen LogP contribution is 2.17. The molecule has 5 nitrogen and oxygen atoms in total. The topological polar surface area (TPSA) is 44.8 Å². The van der Waals surface area contributed by atoms with E-state index >= 15 is 0 Å². The van der Waals surface area contributed by atoms with Crippen LogP contribution in [0.4, 0.5) is 10.5 Å². The predicted molar refractivity (Wildman–Crippen MR) is 87.1 cm³/mol. The van der Waals surface area contributed by atoms with Crippen molar-refractivity contribution >= 4 is 27.7 Å². The van der Waals surface area contributed by atoms with Crippen molar-refractivity contribution in [2.45, 2.75) is 13.8 Å². The normalized spacial score (nSPS) is 17.1. The number of nitrogens with one attached hydrogen (secondary N) is 1. The fraction of sp³-hybridized carbons (Fsp3) is 0.533. The molecule has 0 radical (unpaired) electrons. The van der Waals surface area contributed by atoms with E-state index in [0.29, 0.717) is 12.5 Å². The molecule has 0 unspecified atom stereocenters. The minimum absolute atomic E-state index is 0.376. The van der Waals surface area contributed by atoms with Gasteiger partial charge in [0.2, 0.25) is 0 Å². The summed E-state index contributed by atoms with van der Waals surface area (Å²) in [6, 6.07) is 7.42. The Morgan fingerprint density at radius 2 is 1.81 bits per heavy atom. The maximum absolute atomic E-state index is 11.8. The van der Waals surface area contributed by atoms with Gasteiger partial charge in [-0.1, -0.05) is 29.8 Å². The largest absolute Gasteiger partial charge is 0.449 e. The van der Waals surface area contributed by atoms with Gasteiger partial charge in [-0.2, -0.15) is 0 Å². The number of hydrogen-bond acceptors (Lipinski definition) is 4. The van der Waals surface area contributed by atoms with Crippen LogP contribution in [0.25, 0.3) is 0 Å². The molecule has 1 aromatic carbocycles. The molecule has 0 atom stereocenters. The second-order valence-electron chi connectivity index (χ2n) is 5.11. The van der Waals surface area contributed by atoms with E-state index in [1.54, 1.807) is 0 Å². The van der Waals surface area contributed by atoms with Crippen LogP contribution in [0.1, 0.15) is 13.8 Å². The van der Waals surface area contributed by atoms with Crippen molar-refractivity contribution in [1.82, 2.24) is 10.0 Å². The molecule has 1 aliphatic heterocycles. The fourth-order valence-corrected chi connectivity index (χ4v) is 2.79. The van der Waals surface area contributed by atoms with E-state index < -0.39 is 6.09 Å². The highest BCUT2D eigenvalue weighted by molar-refractivity contribution is 9.10. The molecule has 2 rings (SSSR count). The van der Waals surface area contributed by atoms with Crippen LogP contribution in [0.3, 0.4) is 0 Å². The number of amides is 1. The van der Waals surface area contributed by atoms with E-state index in [-0.39, 0.29) is 0 Å². The van der Waals surface area contributed by atoms with Gasteiger partial charge in [-0.05, 0) is 24.3 Å². The maximum atomic E-state index is 11.8. The SMILES string of the molecule is CCN1CC(COC(=O)Nc2ccc(Br)cc2)CN1CC. The number of halogens is 1. The molecule has 116 valence electrons. The zero-order valence-corrected chi connectivity index (χ0v) is 14.1. The van der Waals surface area contributed by atoms with Gasteiger partial charge in [0.1, 0.15) is 0 Å². The van der Waals surface area contributed by atoms with E-state index in [9.17, 15) is 4.79 Å². The Kier molecular flexibility index (Phi) is 6.02. The molecular formula is C15H22BrN3O2. The van der Waals surface area contributed by atoms with Crippen LogP contribution in [0.15, 0.2) is 28.7 Å². The van der Waals surface area contributed by atoms with Crippen molar-refractivity contribution < 1.29 is 9.53 Å². The molecule has 1 amide bonds. The van der Waals surface area contributed by atoms with Crippen molar-refractivity contribution in [1.29, 1.82) is 0 Å². The van der Waals surface area contributed by atoms with E-state index in [2.05, 4.69) is 45.1 Å². The number of rotatable bonds is 5. The highest BCUT2D eigenvalue weighted by Gasteiger charge is 2.28. The standard InChI is InChI=1S/C15H22BrN3O2/c1-3-18-9-12(10-19(18)4-2)11-21-15(20)17-14-7-5-13(16)6-8-14/h5-8,12H,3-4,9-11H2,1-2H3,(H,17,20). The number of ether oxygens (including phenoxy) is 1. The highest BCUT2D eigenvalue weighted by atomic mass is 79.9. The summed E-state index contributed by atoms with van der Waals surface area (Å²) >= 11 is 3.36. The summed E-state index contributed by atoms with van der Waals surface area (Å²) in [5, 5.41) is 7.35. The molecule has 1 heterocycles. The van der Waals surface area contributed by atoms with Gasteiger partial charge in [-0.15, -0.1) is 0 Å². The molecule has 1 aliphatic rings. The third-order valence-corrected chi connectivity index (χ3v) is 4.14. The number of nitrogens with zero attached hydrogens (tertiary/aromatic N) is 2. The van der Waals surface area contributed by atoms with Crippen molar-refractivity contribution in [3.63, 3.8) is 0 Å². The quantitative estimate of drug-likeness (QED) is 0.880. The molecule has 0 spiro atoms. The predicted octanol–water partition coefficient (Wildman–Crippen LogP) is 3.19. The van der Waals surface area contributed by atoms with E-state index in [1.807, 2.05) is 24.3 Å². The van der Waals surface area contributed by atoms with Crippen LogP contribution in [0, 0.1) is 5.92 Å². The Labute approximate surface area is 134 Å². The van der Waals surface area contributed by atoms with Gasteiger partial charge in [0, 0.05) is 42.3 Å². The molecule has 0 saturated carbocycles. The molecule has 1 aromatic rings. The fourth-order valence-electron chi connectivity index (χ4n) is 2.53. The number of hydrazine groups is 1. The lowest BCUT2D eigenvalue weighted by atomic mass is 10.2. The summed E-state index contributed by atoms with van der Waals surface area (Å²) in [7, 11) is 0. The van der Waals surface area contributed by atoms with Crippen molar-refractivity contribution in [2.75, 3.05) is 38.1 Å². The average Bonchev–Trinajstić information content (AvgIpc) is 2.90. The summed E-state index contributed by atoms with van der Waals surface area (Å²) in [5.41, 5.74) is 0.736. The molecule has 21 heavy (non-hydrogen) atoms. The van der Waals surface area contributed by atoms with Gasteiger partial charge in [-0.3, -0.25) is 5.32 Å². The van der Waals surface area contributed by atoms with Crippen LogP contribution in [-0.4, -0.2) is 48.9 Å². The van der Waals surface area contributed by atoms with E-state index in [0.717, 1.165) is 36.3 Å². The molecule has 0 aromatic heterocycles. The number of hydrogen-bond donors (Lipinski definition) is 1. The summed E-state index contributed by atoms with van der Waals surface area (Å²) in [5.74, 6) is 0.376. The van der Waals surface area contributed by atoms with Crippen LogP contribution in [0.5, 0.6) is 0 Å². The first-order valence-corrected chi connectivity index (χ1v) is 8.10. The van der Waals surface area contributed by atoms with Crippen molar-refractivity contribution in [2.24, 2.45) is 5.92 Å². The Bertz CT molecular complexity index is 454. The number of carbonyl (C=O) groups excluding carboxylic acids is 1. The van der Waals surface area contributed by atoms with E-state index in [1.165, 1.54) is 0 Å². The summed E-state index contributed by atoms with van der Waals surface area (Å²) in [4.78, 5) is 11.8.